The van der Waals surface area contributed by atoms with Gasteiger partial charge in [-0.1, -0.05) is 51.5 Å². The molecule has 0 saturated heterocycles. The van der Waals surface area contributed by atoms with Crippen LogP contribution in [0.15, 0.2) is 24.3 Å². The lowest BCUT2D eigenvalue weighted by Gasteiger charge is -2.17. The summed E-state index contributed by atoms with van der Waals surface area (Å²) in [5.74, 6) is 1.34. The number of hydrogen-bond donors (Lipinski definition) is 1. The van der Waals surface area contributed by atoms with Crippen LogP contribution in [0.25, 0.3) is 0 Å². The van der Waals surface area contributed by atoms with Crippen LogP contribution in [0.4, 0.5) is 0 Å². The van der Waals surface area contributed by atoms with Crippen LogP contribution in [0, 0.1) is 5.92 Å². The van der Waals surface area contributed by atoms with Gasteiger partial charge in [-0.3, -0.25) is 0 Å². The van der Waals surface area contributed by atoms with E-state index in [1.54, 1.807) is 7.11 Å². The maximum Gasteiger partial charge on any atom is 0.0587 e. The van der Waals surface area contributed by atoms with Crippen LogP contribution in [0.5, 0.6) is 0 Å². The van der Waals surface area contributed by atoms with E-state index in [0.29, 0.717) is 5.92 Å². The molecule has 1 rings (SSSR count). The first kappa shape index (κ1) is 17.2. The Morgan fingerprint density at radius 2 is 1.85 bits per heavy atom. The van der Waals surface area contributed by atoms with Crippen molar-refractivity contribution in [1.82, 2.24) is 5.32 Å². The summed E-state index contributed by atoms with van der Waals surface area (Å²) in [5.41, 5.74) is 2.89. The second-order valence-corrected chi connectivity index (χ2v) is 5.95. The fourth-order valence-electron chi connectivity index (χ4n) is 2.54. The van der Waals surface area contributed by atoms with Gasteiger partial charge in [0.1, 0.15) is 0 Å². The number of ether oxygens (including phenoxy) is 1. The molecule has 0 fully saturated rings. The smallest absolute Gasteiger partial charge is 0.0587 e. The summed E-state index contributed by atoms with van der Waals surface area (Å²) in [5, 5.41) is 3.50. The molecule has 1 unspecified atom stereocenters. The monoisotopic (exact) mass is 277 g/mol. The summed E-state index contributed by atoms with van der Waals surface area (Å²) in [6, 6.07) is 9.16. The molecule has 0 heterocycles. The summed E-state index contributed by atoms with van der Waals surface area (Å²) < 4.78 is 5.07. The zero-order valence-corrected chi connectivity index (χ0v) is 13.6. The van der Waals surface area contributed by atoms with Crippen LogP contribution in [0.3, 0.4) is 0 Å². The van der Waals surface area contributed by atoms with Gasteiger partial charge in [0.15, 0.2) is 0 Å². The highest BCUT2D eigenvalue weighted by atomic mass is 16.5. The Kier molecular flexibility index (Phi) is 8.56. The Balaban J connectivity index is 2.47. The lowest BCUT2D eigenvalue weighted by atomic mass is 9.93. The van der Waals surface area contributed by atoms with Gasteiger partial charge in [-0.05, 0) is 42.3 Å². The largest absolute Gasteiger partial charge is 0.383 e. The van der Waals surface area contributed by atoms with Crippen LogP contribution in [0.1, 0.15) is 50.7 Å². The summed E-state index contributed by atoms with van der Waals surface area (Å²) in [6.07, 6.45) is 3.71. The fraction of sp³-hybridized carbons (Fsp3) is 0.667. The topological polar surface area (TPSA) is 21.3 Å². The number of methoxy groups -OCH3 is 1. The van der Waals surface area contributed by atoms with Crippen molar-refractivity contribution in [3.63, 3.8) is 0 Å². The normalized spacial score (nSPS) is 12.8. The minimum atomic E-state index is 0.617. The Hall–Kier alpha value is -0.860. The van der Waals surface area contributed by atoms with E-state index in [4.69, 9.17) is 4.74 Å². The minimum absolute atomic E-state index is 0.617. The van der Waals surface area contributed by atoms with Crippen LogP contribution >= 0.6 is 0 Å². The molecule has 20 heavy (non-hydrogen) atoms. The van der Waals surface area contributed by atoms with Crippen molar-refractivity contribution >= 4 is 0 Å². The van der Waals surface area contributed by atoms with Crippen molar-refractivity contribution in [2.45, 2.75) is 46.0 Å². The van der Waals surface area contributed by atoms with Crippen LogP contribution < -0.4 is 5.32 Å². The first-order valence-corrected chi connectivity index (χ1v) is 7.95. The third-order valence-corrected chi connectivity index (χ3v) is 3.78. The Labute approximate surface area is 124 Å². The molecule has 0 aromatic heterocycles. The van der Waals surface area contributed by atoms with Crippen LogP contribution in [-0.2, 0) is 11.2 Å². The Morgan fingerprint density at radius 1 is 1.15 bits per heavy atom. The van der Waals surface area contributed by atoms with E-state index in [2.05, 4.69) is 50.4 Å². The molecule has 0 radical (unpaired) electrons. The van der Waals surface area contributed by atoms with Crippen molar-refractivity contribution in [1.29, 1.82) is 0 Å². The number of benzene rings is 1. The number of rotatable bonds is 10. The maximum atomic E-state index is 5.07. The molecule has 0 amide bonds. The lowest BCUT2D eigenvalue weighted by Crippen LogP contribution is -2.27. The molecule has 0 aliphatic heterocycles. The van der Waals surface area contributed by atoms with Crippen molar-refractivity contribution in [3.05, 3.63) is 35.4 Å². The third-order valence-electron chi connectivity index (χ3n) is 3.78. The maximum absolute atomic E-state index is 5.07. The summed E-state index contributed by atoms with van der Waals surface area (Å²) in [4.78, 5) is 0. The van der Waals surface area contributed by atoms with Crippen molar-refractivity contribution in [2.24, 2.45) is 5.92 Å². The van der Waals surface area contributed by atoms with Gasteiger partial charge in [0.25, 0.3) is 0 Å². The number of nitrogens with one attached hydrogen (secondary N) is 1. The second kappa shape index (κ2) is 9.95. The Morgan fingerprint density at radius 3 is 2.40 bits per heavy atom. The predicted octanol–water partition coefficient (Wildman–Crippen LogP) is 4.00. The molecule has 0 spiro atoms. The van der Waals surface area contributed by atoms with Gasteiger partial charge in [-0.25, -0.2) is 0 Å². The zero-order valence-electron chi connectivity index (χ0n) is 13.6. The molecule has 0 bridgehead atoms. The van der Waals surface area contributed by atoms with E-state index in [-0.39, 0.29) is 0 Å². The average molecular weight is 277 g/mol. The molecule has 2 heteroatoms. The van der Waals surface area contributed by atoms with E-state index in [0.717, 1.165) is 25.6 Å². The zero-order chi connectivity index (χ0) is 14.8. The highest BCUT2D eigenvalue weighted by Crippen LogP contribution is 2.18. The molecule has 1 N–H and O–H groups in total. The van der Waals surface area contributed by atoms with Gasteiger partial charge in [0.2, 0.25) is 0 Å². The first-order chi connectivity index (χ1) is 9.67. The third kappa shape index (κ3) is 6.53. The molecule has 0 aliphatic carbocycles. The summed E-state index contributed by atoms with van der Waals surface area (Å²) >= 11 is 0. The molecular formula is C18H31NO. The van der Waals surface area contributed by atoms with Crippen molar-refractivity contribution in [3.8, 4) is 0 Å². The first-order valence-electron chi connectivity index (χ1n) is 7.95. The Bertz CT molecular complexity index is 345. The molecule has 1 aromatic carbocycles. The van der Waals surface area contributed by atoms with E-state index >= 15 is 0 Å². The minimum Gasteiger partial charge on any atom is -0.383 e. The molecular weight excluding hydrogens is 246 g/mol. The average Bonchev–Trinajstić information content (AvgIpc) is 2.44. The highest BCUT2D eigenvalue weighted by molar-refractivity contribution is 5.25. The van der Waals surface area contributed by atoms with E-state index in [1.807, 2.05) is 0 Å². The quantitative estimate of drug-likeness (QED) is 0.653. The van der Waals surface area contributed by atoms with Gasteiger partial charge < -0.3 is 10.1 Å². The van der Waals surface area contributed by atoms with E-state index in [1.165, 1.54) is 30.4 Å². The van der Waals surface area contributed by atoms with Crippen molar-refractivity contribution in [2.75, 3.05) is 26.8 Å². The van der Waals surface area contributed by atoms with Gasteiger partial charge in [-0.2, -0.15) is 0 Å². The lowest BCUT2D eigenvalue weighted by molar-refractivity contribution is 0.197. The molecule has 0 saturated carbocycles. The molecule has 1 atom stereocenters. The summed E-state index contributed by atoms with van der Waals surface area (Å²) in [7, 11) is 1.75. The van der Waals surface area contributed by atoms with Gasteiger partial charge >= 0.3 is 0 Å². The second-order valence-electron chi connectivity index (χ2n) is 5.95. The standard InChI is InChI=1S/C18H31NO/c1-5-6-17(14-19-11-12-20-4)13-16-7-9-18(10-8-16)15(2)3/h7-10,15,17,19H,5-6,11-14H2,1-4H3. The fourth-order valence-corrected chi connectivity index (χ4v) is 2.54. The van der Waals surface area contributed by atoms with Crippen molar-refractivity contribution < 1.29 is 4.74 Å². The number of hydrogen-bond acceptors (Lipinski definition) is 2. The van der Waals surface area contributed by atoms with E-state index in [9.17, 15) is 0 Å². The van der Waals surface area contributed by atoms with Crippen LogP contribution in [-0.4, -0.2) is 26.8 Å². The SMILES string of the molecule is CCCC(CNCCOC)Cc1ccc(C(C)C)cc1. The van der Waals surface area contributed by atoms with Gasteiger partial charge in [0.05, 0.1) is 6.61 Å². The van der Waals surface area contributed by atoms with Crippen LogP contribution in [0.2, 0.25) is 0 Å². The van der Waals surface area contributed by atoms with Gasteiger partial charge in [-0.15, -0.1) is 0 Å². The molecule has 2 nitrogen and oxygen atoms in total. The summed E-state index contributed by atoms with van der Waals surface area (Å²) in [6.45, 7) is 9.58. The molecule has 1 aromatic rings. The molecule has 0 aliphatic rings. The molecule has 114 valence electrons. The predicted molar refractivity (Wildman–Crippen MR) is 87.4 cm³/mol. The van der Waals surface area contributed by atoms with Gasteiger partial charge in [0, 0.05) is 13.7 Å². The van der Waals surface area contributed by atoms with E-state index < -0.39 is 0 Å². The highest BCUT2D eigenvalue weighted by Gasteiger charge is 2.09.